The van der Waals surface area contributed by atoms with Crippen molar-refractivity contribution in [1.29, 1.82) is 0 Å². The Bertz CT molecular complexity index is 474. The molecule has 0 unspecified atom stereocenters. The SMILES string of the molecule is NC(=S)N[C@@H](CC1CC1)c1ccc2c(c1)OCO2. The minimum Gasteiger partial charge on any atom is -0.454 e. The van der Waals surface area contributed by atoms with Gasteiger partial charge in [-0.3, -0.25) is 0 Å². The minimum atomic E-state index is 0.171. The van der Waals surface area contributed by atoms with Gasteiger partial charge in [-0.15, -0.1) is 0 Å². The molecule has 0 spiro atoms. The van der Waals surface area contributed by atoms with E-state index in [4.69, 9.17) is 27.4 Å². The summed E-state index contributed by atoms with van der Waals surface area (Å²) in [5.41, 5.74) is 6.76. The van der Waals surface area contributed by atoms with Crippen molar-refractivity contribution in [2.75, 3.05) is 6.79 Å². The minimum absolute atomic E-state index is 0.171. The van der Waals surface area contributed by atoms with Crippen LogP contribution in [0.15, 0.2) is 18.2 Å². The predicted octanol–water partition coefficient (Wildman–Crippen LogP) is 2.09. The van der Waals surface area contributed by atoms with Crippen molar-refractivity contribution in [2.24, 2.45) is 11.7 Å². The van der Waals surface area contributed by atoms with Gasteiger partial charge in [0.05, 0.1) is 6.04 Å². The molecule has 2 aliphatic rings. The van der Waals surface area contributed by atoms with Gasteiger partial charge < -0.3 is 20.5 Å². The fraction of sp³-hybridized carbons (Fsp3) is 0.462. The molecule has 3 rings (SSSR count). The zero-order valence-electron chi connectivity index (χ0n) is 10.0. The average Bonchev–Trinajstić information content (AvgIpc) is 3.03. The van der Waals surface area contributed by atoms with Crippen molar-refractivity contribution in [2.45, 2.75) is 25.3 Å². The Morgan fingerprint density at radius 3 is 2.89 bits per heavy atom. The van der Waals surface area contributed by atoms with Crippen LogP contribution in [0.25, 0.3) is 0 Å². The fourth-order valence-electron chi connectivity index (χ4n) is 2.27. The number of hydrogen-bond donors (Lipinski definition) is 2. The third-order valence-corrected chi connectivity index (χ3v) is 3.50. The molecule has 1 fully saturated rings. The second-order valence-corrected chi connectivity index (χ2v) is 5.29. The molecule has 1 heterocycles. The monoisotopic (exact) mass is 264 g/mol. The maximum Gasteiger partial charge on any atom is 0.231 e. The first-order valence-corrected chi connectivity index (χ1v) is 6.59. The van der Waals surface area contributed by atoms with Gasteiger partial charge >= 0.3 is 0 Å². The maximum absolute atomic E-state index is 5.60. The van der Waals surface area contributed by atoms with Crippen molar-refractivity contribution in [3.8, 4) is 11.5 Å². The highest BCUT2D eigenvalue weighted by Gasteiger charge is 2.27. The van der Waals surface area contributed by atoms with Crippen molar-refractivity contribution in [3.05, 3.63) is 23.8 Å². The normalized spacial score (nSPS) is 18.4. The summed E-state index contributed by atoms with van der Waals surface area (Å²) in [6, 6.07) is 6.18. The Morgan fingerprint density at radius 1 is 1.39 bits per heavy atom. The fourth-order valence-corrected chi connectivity index (χ4v) is 2.41. The van der Waals surface area contributed by atoms with Gasteiger partial charge in [0, 0.05) is 0 Å². The van der Waals surface area contributed by atoms with E-state index in [1.165, 1.54) is 12.8 Å². The molecule has 0 amide bonds. The molecular weight excluding hydrogens is 248 g/mol. The molecule has 1 atom stereocenters. The molecule has 0 radical (unpaired) electrons. The van der Waals surface area contributed by atoms with Crippen LogP contribution in [0.3, 0.4) is 0 Å². The van der Waals surface area contributed by atoms with Crippen LogP contribution < -0.4 is 20.5 Å². The highest BCUT2D eigenvalue weighted by molar-refractivity contribution is 7.80. The van der Waals surface area contributed by atoms with Gasteiger partial charge in [0.2, 0.25) is 6.79 Å². The first kappa shape index (κ1) is 11.6. The van der Waals surface area contributed by atoms with Crippen LogP contribution in [-0.4, -0.2) is 11.9 Å². The van der Waals surface area contributed by atoms with Gasteiger partial charge in [0.15, 0.2) is 16.6 Å². The lowest BCUT2D eigenvalue weighted by Gasteiger charge is -2.19. The van der Waals surface area contributed by atoms with E-state index in [2.05, 4.69) is 5.32 Å². The van der Waals surface area contributed by atoms with Crippen LogP contribution in [0, 0.1) is 5.92 Å². The van der Waals surface area contributed by atoms with E-state index in [-0.39, 0.29) is 6.04 Å². The number of ether oxygens (including phenoxy) is 2. The zero-order chi connectivity index (χ0) is 12.5. The lowest BCUT2D eigenvalue weighted by atomic mass is 10.0. The number of benzene rings is 1. The number of rotatable bonds is 4. The Hall–Kier alpha value is -1.49. The predicted molar refractivity (Wildman–Crippen MR) is 72.6 cm³/mol. The van der Waals surface area contributed by atoms with Crippen molar-refractivity contribution in [3.63, 3.8) is 0 Å². The summed E-state index contributed by atoms with van der Waals surface area (Å²) in [5, 5.41) is 3.52. The van der Waals surface area contributed by atoms with Crippen molar-refractivity contribution in [1.82, 2.24) is 5.32 Å². The molecule has 0 bridgehead atoms. The zero-order valence-corrected chi connectivity index (χ0v) is 10.8. The van der Waals surface area contributed by atoms with Crippen molar-refractivity contribution < 1.29 is 9.47 Å². The molecule has 3 N–H and O–H groups in total. The van der Waals surface area contributed by atoms with E-state index in [1.807, 2.05) is 18.2 Å². The van der Waals surface area contributed by atoms with E-state index in [0.29, 0.717) is 11.9 Å². The smallest absolute Gasteiger partial charge is 0.231 e. The summed E-state index contributed by atoms with van der Waals surface area (Å²) < 4.78 is 10.7. The van der Waals surface area contributed by atoms with E-state index < -0.39 is 0 Å². The van der Waals surface area contributed by atoms with Crippen LogP contribution in [-0.2, 0) is 0 Å². The maximum atomic E-state index is 5.60. The topological polar surface area (TPSA) is 56.5 Å². The second kappa shape index (κ2) is 4.65. The second-order valence-electron chi connectivity index (χ2n) is 4.85. The lowest BCUT2D eigenvalue weighted by molar-refractivity contribution is 0.174. The number of hydrogen-bond acceptors (Lipinski definition) is 3. The molecular formula is C13H16N2O2S. The molecule has 1 saturated carbocycles. The number of nitrogens with two attached hydrogens (primary N) is 1. The molecule has 18 heavy (non-hydrogen) atoms. The molecule has 4 nitrogen and oxygen atoms in total. The van der Waals surface area contributed by atoms with Crippen LogP contribution in [0.1, 0.15) is 30.9 Å². The molecule has 96 valence electrons. The molecule has 1 aromatic rings. The number of nitrogens with one attached hydrogen (secondary N) is 1. The third-order valence-electron chi connectivity index (χ3n) is 3.38. The number of thiocarbonyl (C=S) groups is 1. The molecule has 5 heteroatoms. The summed E-state index contributed by atoms with van der Waals surface area (Å²) in [7, 11) is 0. The summed E-state index contributed by atoms with van der Waals surface area (Å²) in [6.07, 6.45) is 3.68. The average molecular weight is 264 g/mol. The highest BCUT2D eigenvalue weighted by Crippen LogP contribution is 2.40. The van der Waals surface area contributed by atoms with Crippen LogP contribution in [0.4, 0.5) is 0 Å². The van der Waals surface area contributed by atoms with Crippen LogP contribution in [0.5, 0.6) is 11.5 Å². The number of fused-ring (bicyclic) bond motifs is 1. The van der Waals surface area contributed by atoms with Crippen LogP contribution in [0.2, 0.25) is 0 Å². The van der Waals surface area contributed by atoms with Crippen molar-refractivity contribution >= 4 is 17.3 Å². The Labute approximate surface area is 111 Å². The van der Waals surface area contributed by atoms with E-state index in [0.717, 1.165) is 29.4 Å². The van der Waals surface area contributed by atoms with Gasteiger partial charge in [-0.1, -0.05) is 18.9 Å². The molecule has 1 aliphatic heterocycles. The van der Waals surface area contributed by atoms with Crippen LogP contribution >= 0.6 is 12.2 Å². The highest BCUT2D eigenvalue weighted by atomic mass is 32.1. The Balaban J connectivity index is 1.81. The van der Waals surface area contributed by atoms with E-state index in [1.54, 1.807) is 0 Å². The first-order chi connectivity index (χ1) is 8.72. The molecule has 1 aliphatic carbocycles. The summed E-state index contributed by atoms with van der Waals surface area (Å²) in [4.78, 5) is 0. The summed E-state index contributed by atoms with van der Waals surface area (Å²) >= 11 is 4.96. The third kappa shape index (κ3) is 2.51. The standard InChI is InChI=1S/C13H16N2O2S/c14-13(18)15-10(5-8-1-2-8)9-3-4-11-12(6-9)17-7-16-11/h3-4,6,8,10H,1-2,5,7H2,(H3,14,15,18)/t10-/m0/s1. The van der Waals surface area contributed by atoms with Gasteiger partial charge in [-0.25, -0.2) is 0 Å². The van der Waals surface area contributed by atoms with E-state index in [9.17, 15) is 0 Å². The van der Waals surface area contributed by atoms with Gasteiger partial charge in [-0.2, -0.15) is 0 Å². The molecule has 0 saturated heterocycles. The quantitative estimate of drug-likeness (QED) is 0.816. The first-order valence-electron chi connectivity index (χ1n) is 6.18. The van der Waals surface area contributed by atoms with Gasteiger partial charge in [-0.05, 0) is 42.3 Å². The molecule has 0 aromatic heterocycles. The Morgan fingerprint density at radius 2 is 2.17 bits per heavy atom. The largest absolute Gasteiger partial charge is 0.454 e. The molecule has 1 aromatic carbocycles. The Kier molecular flexibility index (Phi) is 2.99. The summed E-state index contributed by atoms with van der Waals surface area (Å²) in [5.74, 6) is 2.40. The lowest BCUT2D eigenvalue weighted by Crippen LogP contribution is -2.33. The van der Waals surface area contributed by atoms with Gasteiger partial charge in [0.1, 0.15) is 0 Å². The van der Waals surface area contributed by atoms with E-state index >= 15 is 0 Å². The van der Waals surface area contributed by atoms with Gasteiger partial charge in [0.25, 0.3) is 0 Å². The summed E-state index contributed by atoms with van der Waals surface area (Å²) in [6.45, 7) is 0.300.